The van der Waals surface area contributed by atoms with E-state index in [0.717, 1.165) is 5.56 Å². The Morgan fingerprint density at radius 1 is 1.11 bits per heavy atom. The van der Waals surface area contributed by atoms with Crippen LogP contribution < -0.4 is 14.8 Å². The van der Waals surface area contributed by atoms with Gasteiger partial charge in [-0.1, -0.05) is 34.5 Å². The van der Waals surface area contributed by atoms with Crippen molar-refractivity contribution >= 4 is 40.6 Å². The molecule has 2 aromatic carbocycles. The molecule has 0 bridgehead atoms. The van der Waals surface area contributed by atoms with Crippen molar-refractivity contribution in [3.8, 4) is 32.6 Å². The number of aliphatic hydroxyl groups excluding tert-OH is 1. The van der Waals surface area contributed by atoms with E-state index in [1.165, 1.54) is 23.5 Å². The van der Waals surface area contributed by atoms with Crippen molar-refractivity contribution in [1.82, 2.24) is 15.5 Å². The standard InChI is InChI=1S/C25H28Cl2FN3O5S/c1-13(2)35-20-7-6-14(8-18(20)27)22-30-31-23(37-22)16-9-19(28)21(10-17(16)26)34-12-15(11-32)29-24(33)36-25(3,4)5/h6-10,13,15,32H,11-12H2,1-5H3,(H,29,33)/t15-/m1/s1. The van der Waals surface area contributed by atoms with E-state index in [-0.39, 0.29) is 23.5 Å². The quantitative estimate of drug-likeness (QED) is 0.307. The number of amides is 1. The van der Waals surface area contributed by atoms with Crippen molar-refractivity contribution < 1.29 is 28.5 Å². The number of hydrogen-bond acceptors (Lipinski definition) is 8. The van der Waals surface area contributed by atoms with Crippen molar-refractivity contribution in [3.63, 3.8) is 0 Å². The number of carbonyl (C=O) groups is 1. The number of alkyl carbamates (subject to hydrolysis) is 1. The van der Waals surface area contributed by atoms with Crippen LogP contribution in [-0.4, -0.2) is 52.4 Å². The molecule has 2 N–H and O–H groups in total. The number of carbonyl (C=O) groups excluding carboxylic acids is 1. The van der Waals surface area contributed by atoms with E-state index in [4.69, 9.17) is 37.4 Å². The molecule has 3 rings (SSSR count). The highest BCUT2D eigenvalue weighted by molar-refractivity contribution is 7.18. The van der Waals surface area contributed by atoms with Crippen molar-refractivity contribution in [3.05, 3.63) is 46.2 Å². The molecule has 1 atom stereocenters. The number of benzene rings is 2. The van der Waals surface area contributed by atoms with Crippen LogP contribution in [0.3, 0.4) is 0 Å². The lowest BCUT2D eigenvalue weighted by Crippen LogP contribution is -2.44. The van der Waals surface area contributed by atoms with E-state index < -0.39 is 30.2 Å². The van der Waals surface area contributed by atoms with Crippen LogP contribution in [-0.2, 0) is 4.74 Å². The molecule has 0 saturated carbocycles. The van der Waals surface area contributed by atoms with Gasteiger partial charge < -0.3 is 24.6 Å². The Morgan fingerprint density at radius 2 is 1.81 bits per heavy atom. The smallest absolute Gasteiger partial charge is 0.408 e. The maximum absolute atomic E-state index is 14.9. The van der Waals surface area contributed by atoms with Crippen LogP contribution in [0.4, 0.5) is 9.18 Å². The third kappa shape index (κ3) is 8.16. The molecule has 0 aliphatic heterocycles. The minimum atomic E-state index is -0.817. The molecule has 0 aliphatic carbocycles. The molecular formula is C25H28Cl2FN3O5S. The normalized spacial score (nSPS) is 12.4. The van der Waals surface area contributed by atoms with Gasteiger partial charge in [-0.2, -0.15) is 0 Å². The predicted octanol–water partition coefficient (Wildman–Crippen LogP) is 6.37. The fourth-order valence-electron chi connectivity index (χ4n) is 3.04. The highest BCUT2D eigenvalue weighted by Crippen LogP contribution is 2.38. The fourth-order valence-corrected chi connectivity index (χ4v) is 4.43. The summed E-state index contributed by atoms with van der Waals surface area (Å²) in [4.78, 5) is 11.9. The van der Waals surface area contributed by atoms with Gasteiger partial charge in [-0.25, -0.2) is 9.18 Å². The van der Waals surface area contributed by atoms with Crippen LogP contribution in [0.2, 0.25) is 10.0 Å². The third-order valence-electron chi connectivity index (χ3n) is 4.60. The van der Waals surface area contributed by atoms with E-state index in [2.05, 4.69) is 15.5 Å². The zero-order chi connectivity index (χ0) is 27.3. The van der Waals surface area contributed by atoms with Crippen LogP contribution in [0.25, 0.3) is 21.1 Å². The van der Waals surface area contributed by atoms with Crippen molar-refractivity contribution in [2.45, 2.75) is 52.4 Å². The fraction of sp³-hybridized carbons (Fsp3) is 0.400. The summed E-state index contributed by atoms with van der Waals surface area (Å²) in [6.45, 7) is 8.32. The minimum absolute atomic E-state index is 0.0174. The van der Waals surface area contributed by atoms with E-state index in [9.17, 15) is 14.3 Å². The summed E-state index contributed by atoms with van der Waals surface area (Å²) in [5, 5.41) is 22.0. The monoisotopic (exact) mass is 571 g/mol. The highest BCUT2D eigenvalue weighted by Gasteiger charge is 2.21. The summed E-state index contributed by atoms with van der Waals surface area (Å²) in [6.07, 6.45) is -0.740. The molecule has 3 aromatic rings. The number of rotatable bonds is 9. The Morgan fingerprint density at radius 3 is 2.43 bits per heavy atom. The summed E-state index contributed by atoms with van der Waals surface area (Å²) < 4.78 is 31.1. The first kappa shape index (κ1) is 28.9. The molecule has 8 nitrogen and oxygen atoms in total. The van der Waals surface area contributed by atoms with Gasteiger partial charge in [0.15, 0.2) is 11.6 Å². The van der Waals surface area contributed by atoms with Gasteiger partial charge in [0.2, 0.25) is 0 Å². The molecule has 0 unspecified atom stereocenters. The average Bonchev–Trinajstić information content (AvgIpc) is 3.28. The Balaban J connectivity index is 1.72. The molecule has 0 aliphatic rings. The SMILES string of the molecule is CC(C)Oc1ccc(-c2nnc(-c3cc(F)c(OC[C@@H](CO)NC(=O)OC(C)(C)C)cc3Cl)s2)cc1Cl. The van der Waals surface area contributed by atoms with Gasteiger partial charge in [-0.15, -0.1) is 10.2 Å². The molecule has 12 heteroatoms. The van der Waals surface area contributed by atoms with E-state index in [1.807, 2.05) is 19.9 Å². The molecule has 1 aromatic heterocycles. The molecule has 0 spiro atoms. The lowest BCUT2D eigenvalue weighted by Gasteiger charge is -2.23. The second kappa shape index (κ2) is 12.3. The van der Waals surface area contributed by atoms with Gasteiger partial charge in [-0.3, -0.25) is 0 Å². The third-order valence-corrected chi connectivity index (χ3v) is 6.21. The molecule has 1 heterocycles. The summed E-state index contributed by atoms with van der Waals surface area (Å²) in [6, 6.07) is 6.99. The summed E-state index contributed by atoms with van der Waals surface area (Å²) in [7, 11) is 0. The van der Waals surface area contributed by atoms with Gasteiger partial charge in [-0.05, 0) is 58.9 Å². The summed E-state index contributed by atoms with van der Waals surface area (Å²) >= 11 is 14.0. The Hall–Kier alpha value is -2.66. The van der Waals surface area contributed by atoms with Crippen LogP contribution in [0, 0.1) is 5.82 Å². The van der Waals surface area contributed by atoms with E-state index in [1.54, 1.807) is 32.9 Å². The van der Waals surface area contributed by atoms with Gasteiger partial charge in [0.05, 0.1) is 28.8 Å². The summed E-state index contributed by atoms with van der Waals surface area (Å²) in [5.74, 6) is -0.269. The molecular weight excluding hydrogens is 544 g/mol. The molecule has 200 valence electrons. The van der Waals surface area contributed by atoms with Gasteiger partial charge in [0, 0.05) is 17.2 Å². The zero-order valence-electron chi connectivity index (χ0n) is 21.0. The van der Waals surface area contributed by atoms with Crippen LogP contribution in [0.1, 0.15) is 34.6 Å². The molecule has 0 fully saturated rings. The number of aliphatic hydroxyl groups is 1. The second-order valence-electron chi connectivity index (χ2n) is 9.32. The highest BCUT2D eigenvalue weighted by atomic mass is 35.5. The number of hydrogen-bond donors (Lipinski definition) is 2. The Kier molecular flexibility index (Phi) is 9.57. The largest absolute Gasteiger partial charge is 0.489 e. The first-order chi connectivity index (χ1) is 17.4. The number of nitrogens with zero attached hydrogens (tertiary/aromatic N) is 2. The second-order valence-corrected chi connectivity index (χ2v) is 11.1. The maximum Gasteiger partial charge on any atom is 0.408 e. The van der Waals surface area contributed by atoms with E-state index >= 15 is 0 Å². The molecule has 0 saturated heterocycles. The molecule has 0 radical (unpaired) electrons. The van der Waals surface area contributed by atoms with Crippen LogP contribution >= 0.6 is 34.5 Å². The van der Waals surface area contributed by atoms with Gasteiger partial charge in [0.1, 0.15) is 28.0 Å². The van der Waals surface area contributed by atoms with Gasteiger partial charge >= 0.3 is 6.09 Å². The van der Waals surface area contributed by atoms with Crippen molar-refractivity contribution in [2.24, 2.45) is 0 Å². The lowest BCUT2D eigenvalue weighted by molar-refractivity contribution is 0.0457. The number of nitrogens with one attached hydrogen (secondary N) is 1. The lowest BCUT2D eigenvalue weighted by atomic mass is 10.2. The first-order valence-electron chi connectivity index (χ1n) is 11.4. The zero-order valence-corrected chi connectivity index (χ0v) is 23.3. The minimum Gasteiger partial charge on any atom is -0.489 e. The first-order valence-corrected chi connectivity index (χ1v) is 13.0. The average molecular weight is 572 g/mol. The molecule has 1 amide bonds. The topological polar surface area (TPSA) is 103 Å². The number of aromatic nitrogens is 2. The Labute approximate surface area is 228 Å². The molecule has 37 heavy (non-hydrogen) atoms. The van der Waals surface area contributed by atoms with Crippen LogP contribution in [0.5, 0.6) is 11.5 Å². The van der Waals surface area contributed by atoms with Gasteiger partial charge in [0.25, 0.3) is 0 Å². The number of halogens is 3. The van der Waals surface area contributed by atoms with Crippen molar-refractivity contribution in [1.29, 1.82) is 0 Å². The van der Waals surface area contributed by atoms with E-state index in [0.29, 0.717) is 26.4 Å². The van der Waals surface area contributed by atoms with Crippen LogP contribution in [0.15, 0.2) is 30.3 Å². The van der Waals surface area contributed by atoms with Crippen molar-refractivity contribution in [2.75, 3.05) is 13.2 Å². The number of ether oxygens (including phenoxy) is 3. The maximum atomic E-state index is 14.9. The Bertz CT molecular complexity index is 1250. The predicted molar refractivity (Wildman–Crippen MR) is 142 cm³/mol. The summed E-state index contributed by atoms with van der Waals surface area (Å²) in [5.41, 5.74) is 0.365.